The first-order valence-electron chi connectivity index (χ1n) is 5.78. The monoisotopic (exact) mass is 235 g/mol. The van der Waals surface area contributed by atoms with E-state index in [1.807, 2.05) is 26.0 Å². The number of hydrogen-bond donors (Lipinski definition) is 0. The minimum absolute atomic E-state index is 0.0599. The number of pyridine rings is 1. The lowest BCUT2D eigenvalue weighted by Gasteiger charge is -2.40. The lowest BCUT2D eigenvalue weighted by molar-refractivity contribution is -0.295. The highest BCUT2D eigenvalue weighted by atomic mass is 16.7. The Balaban J connectivity index is 2.22. The Morgan fingerprint density at radius 1 is 1.59 bits per heavy atom. The molecule has 1 aliphatic rings. The molecule has 0 amide bonds. The highest BCUT2D eigenvalue weighted by Crippen LogP contribution is 2.37. The first kappa shape index (κ1) is 12.2. The largest absolute Gasteiger partial charge is 0.350 e. The van der Waals surface area contributed by atoms with Crippen LogP contribution in [0.1, 0.15) is 31.9 Å². The molecule has 0 saturated carbocycles. The zero-order valence-electron chi connectivity index (χ0n) is 10.1. The molecule has 0 spiro atoms. The van der Waals surface area contributed by atoms with Gasteiger partial charge in [-0.3, -0.25) is 4.98 Å². The van der Waals surface area contributed by atoms with E-state index in [1.54, 1.807) is 12.4 Å². The fourth-order valence-electron chi connectivity index (χ4n) is 2.03. The van der Waals surface area contributed by atoms with Gasteiger partial charge in [-0.25, -0.2) is 0 Å². The van der Waals surface area contributed by atoms with Gasteiger partial charge >= 0.3 is 0 Å². The summed E-state index contributed by atoms with van der Waals surface area (Å²) in [4.78, 5) is 14.8. The minimum Gasteiger partial charge on any atom is -0.350 e. The molecule has 0 N–H and O–H groups in total. The zero-order valence-corrected chi connectivity index (χ0v) is 10.1. The average molecular weight is 235 g/mol. The summed E-state index contributed by atoms with van der Waals surface area (Å²) in [6.07, 6.45) is 4.74. The van der Waals surface area contributed by atoms with Crippen LogP contribution in [-0.4, -0.2) is 23.7 Å². The molecule has 17 heavy (non-hydrogen) atoms. The third-order valence-corrected chi connectivity index (χ3v) is 2.90. The Morgan fingerprint density at radius 3 is 3.06 bits per heavy atom. The third-order valence-electron chi connectivity index (χ3n) is 2.90. The number of carbonyl (C=O) groups is 1. The third kappa shape index (κ3) is 2.90. The van der Waals surface area contributed by atoms with Gasteiger partial charge in [0.25, 0.3) is 0 Å². The van der Waals surface area contributed by atoms with Crippen LogP contribution in [0.3, 0.4) is 0 Å². The maximum absolute atomic E-state index is 10.7. The first-order chi connectivity index (χ1) is 8.12. The highest BCUT2D eigenvalue weighted by molar-refractivity contribution is 5.50. The van der Waals surface area contributed by atoms with Crippen molar-refractivity contribution in [2.24, 2.45) is 5.92 Å². The van der Waals surface area contributed by atoms with E-state index < -0.39 is 5.79 Å². The van der Waals surface area contributed by atoms with Crippen molar-refractivity contribution in [3.05, 3.63) is 30.1 Å². The van der Waals surface area contributed by atoms with Gasteiger partial charge in [0.1, 0.15) is 6.29 Å². The zero-order chi connectivity index (χ0) is 12.3. The Hall–Kier alpha value is -1.26. The van der Waals surface area contributed by atoms with E-state index in [1.165, 1.54) is 0 Å². The van der Waals surface area contributed by atoms with E-state index in [0.29, 0.717) is 13.0 Å². The number of carbonyl (C=O) groups excluding carboxylic acids is 1. The van der Waals surface area contributed by atoms with Crippen LogP contribution in [0.25, 0.3) is 0 Å². The second kappa shape index (κ2) is 4.94. The normalized spacial score (nSPS) is 27.6. The van der Waals surface area contributed by atoms with Crippen molar-refractivity contribution in [3.63, 3.8) is 0 Å². The van der Waals surface area contributed by atoms with E-state index in [9.17, 15) is 4.79 Å². The summed E-state index contributed by atoms with van der Waals surface area (Å²) in [6, 6.07) is 3.84. The van der Waals surface area contributed by atoms with Crippen LogP contribution < -0.4 is 0 Å². The average Bonchev–Trinajstić information content (AvgIpc) is 2.32. The molecule has 1 fully saturated rings. The summed E-state index contributed by atoms with van der Waals surface area (Å²) in [7, 11) is 0. The smallest absolute Gasteiger partial charge is 0.163 e. The second-order valence-corrected chi connectivity index (χ2v) is 4.70. The van der Waals surface area contributed by atoms with Crippen molar-refractivity contribution >= 4 is 6.29 Å². The van der Waals surface area contributed by atoms with Crippen molar-refractivity contribution in [3.8, 4) is 0 Å². The van der Waals surface area contributed by atoms with Gasteiger partial charge in [-0.15, -0.1) is 0 Å². The number of nitrogens with zero attached hydrogens (tertiary/aromatic N) is 1. The number of aldehydes is 1. The molecular formula is C13H17NO3. The van der Waals surface area contributed by atoms with Crippen LogP contribution >= 0.6 is 0 Å². The van der Waals surface area contributed by atoms with Gasteiger partial charge < -0.3 is 14.3 Å². The van der Waals surface area contributed by atoms with Gasteiger partial charge in [-0.2, -0.15) is 0 Å². The molecule has 1 saturated heterocycles. The van der Waals surface area contributed by atoms with Crippen molar-refractivity contribution in [2.45, 2.75) is 32.2 Å². The van der Waals surface area contributed by atoms with Gasteiger partial charge in [0, 0.05) is 24.7 Å². The molecule has 0 bridgehead atoms. The van der Waals surface area contributed by atoms with Crippen molar-refractivity contribution in [1.82, 2.24) is 4.98 Å². The Kier molecular flexibility index (Phi) is 3.54. The molecule has 0 aromatic carbocycles. The van der Waals surface area contributed by atoms with E-state index in [-0.39, 0.29) is 12.0 Å². The summed E-state index contributed by atoms with van der Waals surface area (Å²) in [5.74, 6) is -0.551. The van der Waals surface area contributed by atoms with Crippen LogP contribution in [-0.2, 0) is 14.3 Å². The SMILES string of the molecule is CC1(C)OC[C@H](CC=O)[C@H](c2cccnc2)O1. The second-order valence-electron chi connectivity index (χ2n) is 4.70. The highest BCUT2D eigenvalue weighted by Gasteiger charge is 2.37. The summed E-state index contributed by atoms with van der Waals surface area (Å²) in [6.45, 7) is 4.30. The molecule has 1 aliphatic heterocycles. The molecule has 0 aliphatic carbocycles. The predicted molar refractivity (Wildman–Crippen MR) is 62.3 cm³/mol. The molecule has 1 aromatic heterocycles. The molecule has 1 aromatic rings. The molecule has 4 nitrogen and oxygen atoms in total. The lowest BCUT2D eigenvalue weighted by Crippen LogP contribution is -2.41. The predicted octanol–water partition coefficient (Wildman–Crippen LogP) is 2.11. The number of aromatic nitrogens is 1. The van der Waals surface area contributed by atoms with E-state index in [4.69, 9.17) is 9.47 Å². The van der Waals surface area contributed by atoms with Gasteiger partial charge in [0.05, 0.1) is 12.7 Å². The fraction of sp³-hybridized carbons (Fsp3) is 0.538. The summed E-state index contributed by atoms with van der Waals surface area (Å²) >= 11 is 0. The summed E-state index contributed by atoms with van der Waals surface area (Å²) in [5, 5.41) is 0. The molecule has 0 radical (unpaired) electrons. The van der Waals surface area contributed by atoms with Gasteiger partial charge in [-0.1, -0.05) is 6.07 Å². The van der Waals surface area contributed by atoms with Gasteiger partial charge in [-0.05, 0) is 25.5 Å². The Bertz CT molecular complexity index is 378. The Labute approximate surface area is 101 Å². The van der Waals surface area contributed by atoms with E-state index in [0.717, 1.165) is 11.8 Å². The van der Waals surface area contributed by atoms with Crippen LogP contribution in [0.5, 0.6) is 0 Å². The number of ether oxygens (including phenoxy) is 2. The fourth-order valence-corrected chi connectivity index (χ4v) is 2.03. The number of rotatable bonds is 3. The molecular weight excluding hydrogens is 218 g/mol. The molecule has 4 heteroatoms. The molecule has 2 heterocycles. The minimum atomic E-state index is -0.611. The van der Waals surface area contributed by atoms with E-state index >= 15 is 0 Å². The number of hydrogen-bond acceptors (Lipinski definition) is 4. The van der Waals surface area contributed by atoms with Crippen LogP contribution in [0.2, 0.25) is 0 Å². The van der Waals surface area contributed by atoms with Crippen molar-refractivity contribution in [1.29, 1.82) is 0 Å². The topological polar surface area (TPSA) is 48.4 Å². The first-order valence-corrected chi connectivity index (χ1v) is 5.78. The summed E-state index contributed by atoms with van der Waals surface area (Å²) in [5.41, 5.74) is 0.996. The lowest BCUT2D eigenvalue weighted by atomic mass is 9.93. The van der Waals surface area contributed by atoms with E-state index in [2.05, 4.69) is 4.98 Å². The molecule has 0 unspecified atom stereocenters. The van der Waals surface area contributed by atoms with Crippen LogP contribution in [0, 0.1) is 5.92 Å². The maximum atomic E-state index is 10.7. The van der Waals surface area contributed by atoms with Gasteiger partial charge in [0.15, 0.2) is 5.79 Å². The van der Waals surface area contributed by atoms with Crippen LogP contribution in [0.4, 0.5) is 0 Å². The van der Waals surface area contributed by atoms with Crippen LogP contribution in [0.15, 0.2) is 24.5 Å². The van der Waals surface area contributed by atoms with Crippen molar-refractivity contribution < 1.29 is 14.3 Å². The van der Waals surface area contributed by atoms with Crippen molar-refractivity contribution in [2.75, 3.05) is 6.61 Å². The maximum Gasteiger partial charge on any atom is 0.163 e. The van der Waals surface area contributed by atoms with Gasteiger partial charge in [0.2, 0.25) is 0 Å². The molecule has 2 rings (SSSR count). The molecule has 2 atom stereocenters. The standard InChI is InChI=1S/C13H17NO3/c1-13(2)16-9-11(5-7-15)12(17-13)10-4-3-6-14-8-10/h3-4,6-8,11-12H,5,9H2,1-2H3/t11-,12-/m0/s1. The summed E-state index contributed by atoms with van der Waals surface area (Å²) < 4.78 is 11.5. The quantitative estimate of drug-likeness (QED) is 0.753. The Morgan fingerprint density at radius 2 is 2.41 bits per heavy atom. The molecule has 92 valence electrons.